The molecule has 176 valence electrons. The quantitative estimate of drug-likeness (QED) is 0.564. The maximum atomic E-state index is 13.7. The lowest BCUT2D eigenvalue weighted by atomic mass is 9.78. The Morgan fingerprint density at radius 2 is 2.09 bits per heavy atom. The molecule has 3 aliphatic rings. The number of hydrogen-bond acceptors (Lipinski definition) is 5. The Morgan fingerprint density at radius 3 is 2.76 bits per heavy atom. The summed E-state index contributed by atoms with van der Waals surface area (Å²) in [5.74, 6) is -1.22. The average Bonchev–Trinajstić information content (AvgIpc) is 3.16. The van der Waals surface area contributed by atoms with Crippen molar-refractivity contribution in [3.05, 3.63) is 70.7 Å². The normalized spacial score (nSPS) is 24.6. The molecule has 1 aromatic carbocycles. The second kappa shape index (κ2) is 9.71. The second-order valence-corrected chi connectivity index (χ2v) is 9.03. The number of carboxylic acids is 1. The number of hydrogen-bond donors (Lipinski definition) is 1. The molecule has 0 radical (unpaired) electrons. The predicted octanol–water partition coefficient (Wildman–Crippen LogP) is 4.33. The first-order valence-electron chi connectivity index (χ1n) is 11.6. The molecule has 2 unspecified atom stereocenters. The molecular formula is C26H32FN3O3. The van der Waals surface area contributed by atoms with E-state index >= 15 is 0 Å². The van der Waals surface area contributed by atoms with E-state index in [0.717, 1.165) is 53.8 Å². The standard InChI is InChI=1S/C26H32FN3O3/c1-4-5-6-12-26(33-3)13-11-22-20(14-26)25-21(18-7-9-19(27)10-8-18)15-30(16-23(25)28-22)29(2)17-24(31)32/h7-11,13-14,21H,4-6,12,15-17H2,1-3H3,(H,31,32). The molecule has 1 aromatic rings. The smallest absolute Gasteiger partial charge is 0.319 e. The van der Waals surface area contributed by atoms with Crippen molar-refractivity contribution in [1.29, 1.82) is 0 Å². The largest absolute Gasteiger partial charge is 0.480 e. The van der Waals surface area contributed by atoms with Gasteiger partial charge in [0.25, 0.3) is 0 Å². The highest BCUT2D eigenvalue weighted by atomic mass is 19.1. The molecule has 2 heterocycles. The van der Waals surface area contributed by atoms with Crippen LogP contribution in [0.4, 0.5) is 4.39 Å². The van der Waals surface area contributed by atoms with Crippen molar-refractivity contribution >= 4 is 11.7 Å². The second-order valence-electron chi connectivity index (χ2n) is 9.03. The van der Waals surface area contributed by atoms with E-state index in [-0.39, 0.29) is 18.3 Å². The van der Waals surface area contributed by atoms with Crippen LogP contribution >= 0.6 is 0 Å². The average molecular weight is 454 g/mol. The van der Waals surface area contributed by atoms with Gasteiger partial charge in [0.15, 0.2) is 0 Å². The Morgan fingerprint density at radius 1 is 1.33 bits per heavy atom. The monoisotopic (exact) mass is 453 g/mol. The van der Waals surface area contributed by atoms with Crippen molar-refractivity contribution < 1.29 is 19.0 Å². The zero-order valence-electron chi connectivity index (χ0n) is 19.6. The Balaban J connectivity index is 1.73. The van der Waals surface area contributed by atoms with Crippen LogP contribution in [0.15, 0.2) is 64.3 Å². The highest BCUT2D eigenvalue weighted by Gasteiger charge is 2.40. The summed E-state index contributed by atoms with van der Waals surface area (Å²) in [6, 6.07) is 6.58. The predicted molar refractivity (Wildman–Crippen MR) is 127 cm³/mol. The molecule has 7 heteroatoms. The lowest BCUT2D eigenvalue weighted by Crippen LogP contribution is -2.48. The zero-order chi connectivity index (χ0) is 23.6. The number of allylic oxidation sites excluding steroid dienone is 2. The molecule has 1 aliphatic carbocycles. The van der Waals surface area contributed by atoms with E-state index in [0.29, 0.717) is 13.1 Å². The maximum absolute atomic E-state index is 13.7. The van der Waals surface area contributed by atoms with Crippen LogP contribution in [-0.4, -0.2) is 66.2 Å². The van der Waals surface area contributed by atoms with Gasteiger partial charge in [0, 0.05) is 32.2 Å². The van der Waals surface area contributed by atoms with Gasteiger partial charge in [-0.2, -0.15) is 0 Å². The molecule has 0 fully saturated rings. The molecule has 0 aromatic heterocycles. The van der Waals surface area contributed by atoms with Crippen LogP contribution < -0.4 is 0 Å². The number of aliphatic carboxylic acids is 1. The third kappa shape index (κ3) is 4.86. The van der Waals surface area contributed by atoms with Gasteiger partial charge in [-0.3, -0.25) is 9.79 Å². The molecule has 2 aliphatic heterocycles. The third-order valence-corrected chi connectivity index (χ3v) is 6.79. The van der Waals surface area contributed by atoms with Crippen molar-refractivity contribution in [3.63, 3.8) is 0 Å². The minimum absolute atomic E-state index is 0.0604. The molecule has 4 rings (SSSR count). The molecule has 1 N–H and O–H groups in total. The zero-order valence-corrected chi connectivity index (χ0v) is 19.6. The van der Waals surface area contributed by atoms with E-state index in [1.165, 1.54) is 12.1 Å². The van der Waals surface area contributed by atoms with Crippen LogP contribution in [0.1, 0.15) is 44.1 Å². The Hall–Kier alpha value is -2.61. The number of methoxy groups -OCH3 is 1. The fraction of sp³-hybridized carbons (Fsp3) is 0.462. The van der Waals surface area contributed by atoms with E-state index in [2.05, 4.69) is 25.2 Å². The highest BCUT2D eigenvalue weighted by Crippen LogP contribution is 2.44. The summed E-state index contributed by atoms with van der Waals surface area (Å²) < 4.78 is 19.7. The van der Waals surface area contributed by atoms with Gasteiger partial charge in [-0.1, -0.05) is 31.9 Å². The summed E-state index contributed by atoms with van der Waals surface area (Å²) in [6.07, 6.45) is 10.6. The van der Waals surface area contributed by atoms with Gasteiger partial charge in [0.05, 0.1) is 18.0 Å². The first-order chi connectivity index (χ1) is 15.9. The van der Waals surface area contributed by atoms with Gasteiger partial charge in [0.2, 0.25) is 0 Å². The number of hydrazine groups is 1. The number of fused-ring (bicyclic) bond motifs is 2. The fourth-order valence-electron chi connectivity index (χ4n) is 4.96. The van der Waals surface area contributed by atoms with Crippen LogP contribution in [0.2, 0.25) is 0 Å². The van der Waals surface area contributed by atoms with Crippen molar-refractivity contribution in [2.75, 3.05) is 33.8 Å². The van der Waals surface area contributed by atoms with Crippen molar-refractivity contribution in [2.24, 2.45) is 4.99 Å². The Bertz CT molecular complexity index is 1030. The summed E-state index contributed by atoms with van der Waals surface area (Å²) in [4.78, 5) is 16.2. The van der Waals surface area contributed by atoms with E-state index < -0.39 is 11.6 Å². The number of carbonyl (C=O) groups is 1. The van der Waals surface area contributed by atoms with Crippen LogP contribution in [0, 0.1) is 5.82 Å². The van der Waals surface area contributed by atoms with Gasteiger partial charge >= 0.3 is 5.97 Å². The van der Waals surface area contributed by atoms with Gasteiger partial charge in [-0.25, -0.2) is 14.4 Å². The topological polar surface area (TPSA) is 65.4 Å². The first kappa shape index (κ1) is 23.5. The van der Waals surface area contributed by atoms with Crippen LogP contribution in [0.3, 0.4) is 0 Å². The number of halogens is 1. The minimum Gasteiger partial charge on any atom is -0.480 e. The number of likely N-dealkylation sites (N-methyl/N-ethyl adjacent to an activating group) is 1. The van der Waals surface area contributed by atoms with Crippen molar-refractivity contribution in [1.82, 2.24) is 10.0 Å². The number of benzene rings is 1. The van der Waals surface area contributed by atoms with Gasteiger partial charge in [0.1, 0.15) is 18.0 Å². The minimum atomic E-state index is -0.885. The maximum Gasteiger partial charge on any atom is 0.319 e. The Labute approximate surface area is 194 Å². The van der Waals surface area contributed by atoms with Crippen LogP contribution in [-0.2, 0) is 9.53 Å². The molecule has 0 saturated heterocycles. The number of nitrogens with zero attached hydrogens (tertiary/aromatic N) is 3. The molecule has 0 bridgehead atoms. The molecule has 0 saturated carbocycles. The summed E-state index contributed by atoms with van der Waals surface area (Å²) >= 11 is 0. The van der Waals surface area contributed by atoms with Gasteiger partial charge in [-0.05, 0) is 54.3 Å². The molecule has 0 amide bonds. The third-order valence-electron chi connectivity index (χ3n) is 6.79. The number of unbranched alkanes of at least 4 members (excludes halogenated alkanes) is 2. The molecular weight excluding hydrogens is 421 g/mol. The number of rotatable bonds is 9. The summed E-state index contributed by atoms with van der Waals surface area (Å²) in [5, 5.41) is 13.0. The highest BCUT2D eigenvalue weighted by molar-refractivity contribution is 6.15. The van der Waals surface area contributed by atoms with E-state index in [1.54, 1.807) is 19.2 Å². The summed E-state index contributed by atoms with van der Waals surface area (Å²) in [6.45, 7) is 3.22. The van der Waals surface area contributed by atoms with Gasteiger partial charge < -0.3 is 9.84 Å². The first-order valence-corrected chi connectivity index (χ1v) is 11.6. The van der Waals surface area contributed by atoms with E-state index in [1.807, 2.05) is 17.1 Å². The summed E-state index contributed by atoms with van der Waals surface area (Å²) in [7, 11) is 3.53. The molecule has 33 heavy (non-hydrogen) atoms. The number of ether oxygens (including phenoxy) is 1. The van der Waals surface area contributed by atoms with Crippen LogP contribution in [0.25, 0.3) is 0 Å². The van der Waals surface area contributed by atoms with Gasteiger partial charge in [-0.15, -0.1) is 0 Å². The Kier molecular flexibility index (Phi) is 6.93. The van der Waals surface area contributed by atoms with Crippen LogP contribution in [0.5, 0.6) is 0 Å². The van der Waals surface area contributed by atoms with Crippen molar-refractivity contribution in [2.45, 2.75) is 44.1 Å². The number of aliphatic imine (C=N–C) groups is 1. The fourth-order valence-corrected chi connectivity index (χ4v) is 4.96. The van der Waals surface area contributed by atoms with E-state index in [4.69, 9.17) is 9.73 Å². The SMILES string of the molecule is CCCCCC1(OC)C=CC2=NC3=C(C2=C1)C(c1ccc(F)cc1)CN(N(C)CC(=O)O)C3. The lowest BCUT2D eigenvalue weighted by molar-refractivity contribution is -0.142. The molecule has 2 atom stereocenters. The lowest BCUT2D eigenvalue weighted by Gasteiger charge is -2.39. The summed E-state index contributed by atoms with van der Waals surface area (Å²) in [5.41, 5.74) is 4.59. The van der Waals surface area contributed by atoms with E-state index in [9.17, 15) is 14.3 Å². The molecule has 6 nitrogen and oxygen atoms in total. The van der Waals surface area contributed by atoms with Crippen molar-refractivity contribution in [3.8, 4) is 0 Å². The number of carboxylic acid groups (broad SMARTS) is 1. The molecule has 0 spiro atoms.